The van der Waals surface area contributed by atoms with Crippen molar-refractivity contribution in [3.8, 4) is 0 Å². The highest BCUT2D eigenvalue weighted by Crippen LogP contribution is 2.23. The minimum atomic E-state index is -0.926. The Morgan fingerprint density at radius 2 is 2.06 bits per heavy atom. The maximum atomic E-state index is 11.2. The van der Waals surface area contributed by atoms with Crippen molar-refractivity contribution in [2.24, 2.45) is 5.92 Å². The van der Waals surface area contributed by atoms with Gasteiger partial charge in [-0.15, -0.1) is 0 Å². The lowest BCUT2D eigenvalue weighted by atomic mass is 9.93. The van der Waals surface area contributed by atoms with Crippen LogP contribution in [0, 0.1) is 5.92 Å². The SMILES string of the molecule is O=C1CC[C@@H](C(=O)O)C(/C=C/c2ccccc2)O1. The number of carbonyl (C=O) groups is 2. The Hall–Kier alpha value is -2.10. The summed E-state index contributed by atoms with van der Waals surface area (Å²) in [7, 11) is 0. The van der Waals surface area contributed by atoms with E-state index in [-0.39, 0.29) is 12.4 Å². The fourth-order valence-electron chi connectivity index (χ4n) is 1.94. The molecule has 1 N–H and O–H groups in total. The Bertz CT molecular complexity index is 464. The summed E-state index contributed by atoms with van der Waals surface area (Å²) in [6.07, 6.45) is 3.25. The number of cyclic esters (lactones) is 1. The predicted octanol–water partition coefficient (Wildman–Crippen LogP) is 2.11. The molecule has 1 aromatic rings. The van der Waals surface area contributed by atoms with Gasteiger partial charge < -0.3 is 9.84 Å². The molecule has 0 spiro atoms. The molecule has 0 amide bonds. The van der Waals surface area contributed by atoms with E-state index in [2.05, 4.69) is 0 Å². The number of aliphatic carboxylic acids is 1. The van der Waals surface area contributed by atoms with Gasteiger partial charge in [0.15, 0.2) is 0 Å². The predicted molar refractivity (Wildman–Crippen MR) is 65.7 cm³/mol. The van der Waals surface area contributed by atoms with E-state index >= 15 is 0 Å². The molecule has 4 heteroatoms. The lowest BCUT2D eigenvalue weighted by molar-refractivity contribution is -0.162. The van der Waals surface area contributed by atoms with Gasteiger partial charge in [-0.2, -0.15) is 0 Å². The van der Waals surface area contributed by atoms with Gasteiger partial charge in [0.1, 0.15) is 6.10 Å². The lowest BCUT2D eigenvalue weighted by Gasteiger charge is -2.25. The minimum Gasteiger partial charge on any atom is -0.481 e. The molecule has 1 aliphatic heterocycles. The molecule has 1 aliphatic rings. The van der Waals surface area contributed by atoms with Crippen LogP contribution in [-0.2, 0) is 14.3 Å². The van der Waals surface area contributed by atoms with E-state index in [1.54, 1.807) is 12.2 Å². The molecule has 0 bridgehead atoms. The second-order valence-corrected chi connectivity index (χ2v) is 4.21. The summed E-state index contributed by atoms with van der Waals surface area (Å²) < 4.78 is 5.08. The van der Waals surface area contributed by atoms with E-state index < -0.39 is 18.0 Å². The number of esters is 1. The molecule has 0 aliphatic carbocycles. The summed E-state index contributed by atoms with van der Waals surface area (Å²) in [5.41, 5.74) is 0.947. The lowest BCUT2D eigenvalue weighted by Crippen LogP contribution is -2.35. The Kier molecular flexibility index (Phi) is 3.77. The van der Waals surface area contributed by atoms with Gasteiger partial charge in [0.2, 0.25) is 0 Å². The van der Waals surface area contributed by atoms with Crippen molar-refractivity contribution in [3.05, 3.63) is 42.0 Å². The minimum absolute atomic E-state index is 0.173. The third-order valence-electron chi connectivity index (χ3n) is 2.92. The van der Waals surface area contributed by atoms with E-state index in [1.807, 2.05) is 30.3 Å². The fourth-order valence-corrected chi connectivity index (χ4v) is 1.94. The first-order chi connectivity index (χ1) is 8.66. The molecule has 94 valence electrons. The molecule has 4 nitrogen and oxygen atoms in total. The van der Waals surface area contributed by atoms with Crippen LogP contribution in [-0.4, -0.2) is 23.1 Å². The Labute approximate surface area is 105 Å². The van der Waals surface area contributed by atoms with Crippen LogP contribution in [0.5, 0.6) is 0 Å². The Balaban J connectivity index is 2.11. The Morgan fingerprint density at radius 3 is 2.72 bits per heavy atom. The molecule has 0 radical (unpaired) electrons. The molecule has 1 aromatic carbocycles. The van der Waals surface area contributed by atoms with Gasteiger partial charge >= 0.3 is 11.9 Å². The van der Waals surface area contributed by atoms with Gasteiger partial charge in [0.05, 0.1) is 5.92 Å². The van der Waals surface area contributed by atoms with Crippen molar-refractivity contribution in [1.29, 1.82) is 0 Å². The van der Waals surface area contributed by atoms with Crippen LogP contribution in [0.2, 0.25) is 0 Å². The zero-order chi connectivity index (χ0) is 13.0. The second-order valence-electron chi connectivity index (χ2n) is 4.21. The molecule has 0 aromatic heterocycles. The summed E-state index contributed by atoms with van der Waals surface area (Å²) in [4.78, 5) is 22.3. The van der Waals surface area contributed by atoms with Gasteiger partial charge in [-0.1, -0.05) is 36.4 Å². The molecule has 1 fully saturated rings. The van der Waals surface area contributed by atoms with Crippen molar-refractivity contribution >= 4 is 18.0 Å². The summed E-state index contributed by atoms with van der Waals surface area (Å²) in [5.74, 6) is -1.91. The maximum Gasteiger partial charge on any atom is 0.310 e. The molecule has 1 heterocycles. The van der Waals surface area contributed by atoms with Gasteiger partial charge in [0.25, 0.3) is 0 Å². The van der Waals surface area contributed by atoms with Crippen LogP contribution in [0.4, 0.5) is 0 Å². The number of carbonyl (C=O) groups excluding carboxylic acids is 1. The van der Waals surface area contributed by atoms with Crippen LogP contribution in [0.3, 0.4) is 0 Å². The van der Waals surface area contributed by atoms with Crippen molar-refractivity contribution in [2.45, 2.75) is 18.9 Å². The van der Waals surface area contributed by atoms with Gasteiger partial charge in [-0.3, -0.25) is 9.59 Å². The largest absolute Gasteiger partial charge is 0.481 e. The first-order valence-corrected chi connectivity index (χ1v) is 5.82. The molecule has 2 atom stereocenters. The third kappa shape index (κ3) is 2.97. The number of carboxylic acids is 1. The molecule has 1 saturated heterocycles. The van der Waals surface area contributed by atoms with E-state index in [4.69, 9.17) is 9.84 Å². The zero-order valence-corrected chi connectivity index (χ0v) is 9.78. The number of hydrogen-bond acceptors (Lipinski definition) is 3. The van der Waals surface area contributed by atoms with Crippen molar-refractivity contribution in [1.82, 2.24) is 0 Å². The van der Waals surface area contributed by atoms with Crippen molar-refractivity contribution < 1.29 is 19.4 Å². The normalized spacial score (nSPS) is 23.9. The fraction of sp³-hybridized carbons (Fsp3) is 0.286. The number of rotatable bonds is 3. The third-order valence-corrected chi connectivity index (χ3v) is 2.92. The van der Waals surface area contributed by atoms with Gasteiger partial charge in [-0.05, 0) is 18.1 Å². The first-order valence-electron chi connectivity index (χ1n) is 5.82. The van der Waals surface area contributed by atoms with E-state index in [1.165, 1.54) is 0 Å². The topological polar surface area (TPSA) is 63.6 Å². The highest BCUT2D eigenvalue weighted by atomic mass is 16.5. The standard InChI is InChI=1S/C14H14O4/c15-13-9-7-11(14(16)17)12(18-13)8-6-10-4-2-1-3-5-10/h1-6,8,11-12H,7,9H2,(H,16,17)/b8-6+/t11-,12?/m1/s1. The van der Waals surface area contributed by atoms with Crippen molar-refractivity contribution in [2.75, 3.05) is 0 Å². The summed E-state index contributed by atoms with van der Waals surface area (Å²) in [6, 6.07) is 9.48. The van der Waals surface area contributed by atoms with Crippen LogP contribution in [0.15, 0.2) is 36.4 Å². The van der Waals surface area contributed by atoms with E-state index in [9.17, 15) is 9.59 Å². The zero-order valence-electron chi connectivity index (χ0n) is 9.78. The second kappa shape index (κ2) is 5.49. The number of hydrogen-bond donors (Lipinski definition) is 1. The Morgan fingerprint density at radius 1 is 1.33 bits per heavy atom. The molecule has 1 unspecified atom stereocenters. The average molecular weight is 246 g/mol. The number of carboxylic acid groups (broad SMARTS) is 1. The smallest absolute Gasteiger partial charge is 0.310 e. The monoisotopic (exact) mass is 246 g/mol. The van der Waals surface area contributed by atoms with Gasteiger partial charge in [0, 0.05) is 6.42 Å². The molecular weight excluding hydrogens is 232 g/mol. The number of benzene rings is 1. The highest BCUT2D eigenvalue weighted by Gasteiger charge is 2.34. The summed E-state index contributed by atoms with van der Waals surface area (Å²) in [5, 5.41) is 9.07. The molecule has 2 rings (SSSR count). The molecule has 0 saturated carbocycles. The van der Waals surface area contributed by atoms with Crippen molar-refractivity contribution in [3.63, 3.8) is 0 Å². The molecule has 18 heavy (non-hydrogen) atoms. The van der Waals surface area contributed by atoms with E-state index in [0.29, 0.717) is 6.42 Å². The number of ether oxygens (including phenoxy) is 1. The maximum absolute atomic E-state index is 11.2. The van der Waals surface area contributed by atoms with Crippen LogP contribution < -0.4 is 0 Å². The highest BCUT2D eigenvalue weighted by molar-refractivity contribution is 5.77. The molecular formula is C14H14O4. The summed E-state index contributed by atoms with van der Waals surface area (Å²) in [6.45, 7) is 0. The first kappa shape index (κ1) is 12.4. The van der Waals surface area contributed by atoms with Crippen LogP contribution >= 0.6 is 0 Å². The summed E-state index contributed by atoms with van der Waals surface area (Å²) >= 11 is 0. The van der Waals surface area contributed by atoms with E-state index in [0.717, 1.165) is 5.56 Å². The quantitative estimate of drug-likeness (QED) is 0.829. The van der Waals surface area contributed by atoms with Gasteiger partial charge in [-0.25, -0.2) is 0 Å². The van der Waals surface area contributed by atoms with Crippen LogP contribution in [0.25, 0.3) is 6.08 Å². The average Bonchev–Trinajstić information content (AvgIpc) is 2.37. The van der Waals surface area contributed by atoms with Crippen LogP contribution in [0.1, 0.15) is 18.4 Å².